The number of esters is 3. The van der Waals surface area contributed by atoms with Crippen molar-refractivity contribution in [3.05, 3.63) is 72.9 Å². The summed E-state index contributed by atoms with van der Waals surface area (Å²) in [6.07, 6.45) is 73.4. The monoisotopic (exact) mass is 963 g/mol. The molecule has 0 spiro atoms. The molecule has 69 heavy (non-hydrogen) atoms. The molecule has 0 aromatic carbocycles. The standard InChI is InChI=1S/C63H110O6/c1-4-7-10-13-16-18-20-22-24-26-28-30-31-33-34-36-38-40-42-44-47-50-53-56-62(65)68-59-60(58-67-61(64)55-52-49-46-15-12-9-6-3)69-63(66)57-54-51-48-45-43-41-39-37-35-32-29-27-25-23-21-19-17-14-11-8-5-2/h7,10,16,18,21-24,27-30,60H,4-6,8-9,11-15,17,19-20,25-26,31-59H2,1-3H3/b10-7-,18-16-,23-21-,24-22-,29-27-,30-28-. The fourth-order valence-electron chi connectivity index (χ4n) is 8.29. The number of unbranched alkanes of at least 4 members (excludes halogenated alkanes) is 30. The highest BCUT2D eigenvalue weighted by atomic mass is 16.6. The third kappa shape index (κ3) is 55.6. The van der Waals surface area contributed by atoms with Gasteiger partial charge in [-0.1, -0.05) is 254 Å². The number of carbonyl (C=O) groups excluding carboxylic acids is 3. The first-order valence-electron chi connectivity index (χ1n) is 29.4. The predicted octanol–water partition coefficient (Wildman–Crippen LogP) is 19.8. The highest BCUT2D eigenvalue weighted by Crippen LogP contribution is 2.16. The molecule has 1 atom stereocenters. The number of carbonyl (C=O) groups is 3. The molecular weight excluding hydrogens is 853 g/mol. The van der Waals surface area contributed by atoms with E-state index in [0.29, 0.717) is 19.3 Å². The Labute approximate surface area is 427 Å². The number of hydrogen-bond donors (Lipinski definition) is 0. The molecule has 0 bridgehead atoms. The lowest BCUT2D eigenvalue weighted by atomic mass is 10.1. The van der Waals surface area contributed by atoms with Crippen molar-refractivity contribution in [1.29, 1.82) is 0 Å². The zero-order valence-electron chi connectivity index (χ0n) is 45.6. The SMILES string of the molecule is CC/C=C\C/C=C\C/C=C\C/C=C\CCCCCCCCCCCCC(=O)OCC(COC(=O)CCCCCCCCC)OC(=O)CCCCCCCCCCC/C=C\C/C=C\CCCCCCC. The van der Waals surface area contributed by atoms with E-state index in [-0.39, 0.29) is 31.1 Å². The van der Waals surface area contributed by atoms with Crippen molar-refractivity contribution in [2.45, 2.75) is 297 Å². The molecule has 1 unspecified atom stereocenters. The van der Waals surface area contributed by atoms with Crippen molar-refractivity contribution in [2.75, 3.05) is 13.2 Å². The molecule has 6 heteroatoms. The Kier molecular flexibility index (Phi) is 54.8. The van der Waals surface area contributed by atoms with Crippen molar-refractivity contribution in [2.24, 2.45) is 0 Å². The second-order valence-corrected chi connectivity index (χ2v) is 19.5. The Balaban J connectivity index is 4.19. The summed E-state index contributed by atoms with van der Waals surface area (Å²) in [5, 5.41) is 0. The molecule has 0 aliphatic rings. The van der Waals surface area contributed by atoms with Gasteiger partial charge in [0.25, 0.3) is 0 Å². The molecule has 6 nitrogen and oxygen atoms in total. The van der Waals surface area contributed by atoms with Crippen LogP contribution >= 0.6 is 0 Å². The van der Waals surface area contributed by atoms with Gasteiger partial charge in [0, 0.05) is 19.3 Å². The predicted molar refractivity (Wildman–Crippen MR) is 298 cm³/mol. The molecule has 0 heterocycles. The molecule has 0 aromatic heterocycles. The van der Waals surface area contributed by atoms with E-state index in [9.17, 15) is 14.4 Å². The van der Waals surface area contributed by atoms with Crippen molar-refractivity contribution in [3.8, 4) is 0 Å². The number of allylic oxidation sites excluding steroid dienone is 12. The lowest BCUT2D eigenvalue weighted by Crippen LogP contribution is -2.30. The molecular formula is C63H110O6. The van der Waals surface area contributed by atoms with E-state index < -0.39 is 6.10 Å². The van der Waals surface area contributed by atoms with Gasteiger partial charge in [-0.25, -0.2) is 0 Å². The molecule has 0 saturated heterocycles. The molecule has 0 aliphatic heterocycles. The van der Waals surface area contributed by atoms with Gasteiger partial charge in [-0.05, 0) is 89.9 Å². The van der Waals surface area contributed by atoms with E-state index in [4.69, 9.17) is 14.2 Å². The minimum absolute atomic E-state index is 0.0768. The van der Waals surface area contributed by atoms with Crippen LogP contribution in [-0.2, 0) is 28.6 Å². The van der Waals surface area contributed by atoms with Crippen LogP contribution in [0.25, 0.3) is 0 Å². The first-order valence-corrected chi connectivity index (χ1v) is 29.4. The van der Waals surface area contributed by atoms with Gasteiger partial charge in [0.15, 0.2) is 6.10 Å². The van der Waals surface area contributed by atoms with E-state index in [1.54, 1.807) is 0 Å². The quantitative estimate of drug-likeness (QED) is 0.0262. The average Bonchev–Trinajstić information content (AvgIpc) is 3.35. The van der Waals surface area contributed by atoms with Crippen molar-refractivity contribution < 1.29 is 28.6 Å². The molecule has 0 fully saturated rings. The fourth-order valence-corrected chi connectivity index (χ4v) is 8.29. The van der Waals surface area contributed by atoms with E-state index in [2.05, 4.69) is 93.7 Å². The highest BCUT2D eigenvalue weighted by molar-refractivity contribution is 5.71. The smallest absolute Gasteiger partial charge is 0.306 e. The molecule has 0 saturated carbocycles. The van der Waals surface area contributed by atoms with Crippen molar-refractivity contribution >= 4 is 17.9 Å². The van der Waals surface area contributed by atoms with Crippen LogP contribution in [0.1, 0.15) is 290 Å². The number of ether oxygens (including phenoxy) is 3. The fraction of sp³-hybridized carbons (Fsp3) is 0.762. The zero-order valence-corrected chi connectivity index (χ0v) is 45.6. The summed E-state index contributed by atoms with van der Waals surface area (Å²) in [6, 6.07) is 0. The van der Waals surface area contributed by atoms with E-state index in [1.165, 1.54) is 161 Å². The first-order chi connectivity index (χ1) is 34.0. The van der Waals surface area contributed by atoms with Crippen LogP contribution in [-0.4, -0.2) is 37.2 Å². The van der Waals surface area contributed by atoms with Gasteiger partial charge in [0.05, 0.1) is 0 Å². The van der Waals surface area contributed by atoms with Crippen LogP contribution in [0.2, 0.25) is 0 Å². The largest absolute Gasteiger partial charge is 0.462 e. The Morgan fingerprint density at radius 1 is 0.304 bits per heavy atom. The van der Waals surface area contributed by atoms with Gasteiger partial charge in [0.2, 0.25) is 0 Å². The highest BCUT2D eigenvalue weighted by Gasteiger charge is 2.19. The van der Waals surface area contributed by atoms with Gasteiger partial charge in [0.1, 0.15) is 13.2 Å². The van der Waals surface area contributed by atoms with Gasteiger partial charge >= 0.3 is 17.9 Å². The van der Waals surface area contributed by atoms with Crippen LogP contribution in [0.3, 0.4) is 0 Å². The average molecular weight is 964 g/mol. The van der Waals surface area contributed by atoms with Crippen LogP contribution < -0.4 is 0 Å². The molecule has 0 aromatic rings. The third-order valence-electron chi connectivity index (χ3n) is 12.7. The van der Waals surface area contributed by atoms with Gasteiger partial charge in [-0.15, -0.1) is 0 Å². The molecule has 0 aliphatic carbocycles. The first kappa shape index (κ1) is 65.8. The summed E-state index contributed by atoms with van der Waals surface area (Å²) in [4.78, 5) is 38.0. The Morgan fingerprint density at radius 3 is 0.884 bits per heavy atom. The summed E-state index contributed by atoms with van der Waals surface area (Å²) in [6.45, 7) is 6.49. The second kappa shape index (κ2) is 57.4. The molecule has 0 rings (SSSR count). The normalized spacial score (nSPS) is 12.6. The third-order valence-corrected chi connectivity index (χ3v) is 12.7. The van der Waals surface area contributed by atoms with E-state index in [0.717, 1.165) is 89.9 Å². The van der Waals surface area contributed by atoms with E-state index >= 15 is 0 Å². The molecule has 0 N–H and O–H groups in total. The minimum Gasteiger partial charge on any atom is -0.462 e. The maximum atomic E-state index is 12.8. The van der Waals surface area contributed by atoms with Crippen LogP contribution in [0.15, 0.2) is 72.9 Å². The Morgan fingerprint density at radius 2 is 0.565 bits per heavy atom. The molecule has 0 amide bonds. The molecule has 398 valence electrons. The molecule has 0 radical (unpaired) electrons. The van der Waals surface area contributed by atoms with Gasteiger partial charge in [-0.3, -0.25) is 14.4 Å². The lowest BCUT2D eigenvalue weighted by Gasteiger charge is -2.18. The van der Waals surface area contributed by atoms with Crippen LogP contribution in [0.5, 0.6) is 0 Å². The summed E-state index contributed by atoms with van der Waals surface area (Å²) in [5.74, 6) is -0.883. The maximum absolute atomic E-state index is 12.8. The second-order valence-electron chi connectivity index (χ2n) is 19.5. The van der Waals surface area contributed by atoms with Gasteiger partial charge in [-0.2, -0.15) is 0 Å². The van der Waals surface area contributed by atoms with Crippen molar-refractivity contribution in [3.63, 3.8) is 0 Å². The summed E-state index contributed by atoms with van der Waals surface area (Å²) < 4.78 is 16.8. The van der Waals surface area contributed by atoms with Crippen LogP contribution in [0, 0.1) is 0 Å². The zero-order chi connectivity index (χ0) is 50.0. The van der Waals surface area contributed by atoms with Crippen LogP contribution in [0.4, 0.5) is 0 Å². The topological polar surface area (TPSA) is 78.9 Å². The maximum Gasteiger partial charge on any atom is 0.306 e. The summed E-state index contributed by atoms with van der Waals surface area (Å²) >= 11 is 0. The lowest BCUT2D eigenvalue weighted by molar-refractivity contribution is -0.167. The number of rotatable bonds is 53. The number of hydrogen-bond acceptors (Lipinski definition) is 6. The van der Waals surface area contributed by atoms with Crippen molar-refractivity contribution in [1.82, 2.24) is 0 Å². The summed E-state index contributed by atoms with van der Waals surface area (Å²) in [5.41, 5.74) is 0. The minimum atomic E-state index is -0.776. The summed E-state index contributed by atoms with van der Waals surface area (Å²) in [7, 11) is 0. The Bertz CT molecular complexity index is 1290. The van der Waals surface area contributed by atoms with Gasteiger partial charge < -0.3 is 14.2 Å². The Hall–Kier alpha value is -3.15. The van der Waals surface area contributed by atoms with E-state index in [1.807, 2.05) is 0 Å².